The van der Waals surface area contributed by atoms with Crippen molar-refractivity contribution in [1.82, 2.24) is 13.9 Å². The van der Waals surface area contributed by atoms with Crippen molar-refractivity contribution < 1.29 is 13.2 Å². The summed E-state index contributed by atoms with van der Waals surface area (Å²) in [6.07, 6.45) is 6.18. The third-order valence-corrected chi connectivity index (χ3v) is 7.68. The summed E-state index contributed by atoms with van der Waals surface area (Å²) in [6, 6.07) is 6.45. The monoisotopic (exact) mass is 393 g/mol. The van der Waals surface area contributed by atoms with Crippen molar-refractivity contribution in [2.45, 2.75) is 51.5 Å². The van der Waals surface area contributed by atoms with Gasteiger partial charge in [-0.05, 0) is 62.1 Å². The third kappa shape index (κ3) is 4.52. The molecule has 1 saturated heterocycles. The van der Waals surface area contributed by atoms with Crippen LogP contribution in [-0.2, 0) is 27.8 Å². The second-order valence-corrected chi connectivity index (χ2v) is 10.1. The molecule has 1 aliphatic heterocycles. The van der Waals surface area contributed by atoms with E-state index in [9.17, 15) is 13.2 Å². The molecule has 1 aromatic rings. The highest BCUT2D eigenvalue weighted by molar-refractivity contribution is 7.86. The summed E-state index contributed by atoms with van der Waals surface area (Å²) in [4.78, 5) is 12.8. The van der Waals surface area contributed by atoms with Crippen LogP contribution in [0.2, 0.25) is 0 Å². The van der Waals surface area contributed by atoms with Crippen LogP contribution >= 0.6 is 0 Å². The summed E-state index contributed by atoms with van der Waals surface area (Å²) < 4.78 is 27.3. The Balaban J connectivity index is 1.64. The molecular weight excluding hydrogens is 362 g/mol. The number of piperidine rings is 1. The van der Waals surface area contributed by atoms with Crippen LogP contribution < -0.4 is 5.32 Å². The molecule has 7 heteroatoms. The van der Waals surface area contributed by atoms with E-state index >= 15 is 0 Å². The molecule has 27 heavy (non-hydrogen) atoms. The molecule has 1 amide bonds. The Morgan fingerprint density at radius 2 is 1.89 bits per heavy atom. The second-order valence-electron chi connectivity index (χ2n) is 7.95. The first-order valence-corrected chi connectivity index (χ1v) is 11.3. The van der Waals surface area contributed by atoms with Crippen LogP contribution in [0.15, 0.2) is 18.2 Å². The molecule has 1 fully saturated rings. The van der Waals surface area contributed by atoms with Gasteiger partial charge < -0.3 is 5.32 Å². The zero-order valence-electron chi connectivity index (χ0n) is 16.6. The number of aryl methyl sites for hydroxylation is 2. The van der Waals surface area contributed by atoms with Crippen molar-refractivity contribution in [3.63, 3.8) is 0 Å². The van der Waals surface area contributed by atoms with Crippen molar-refractivity contribution in [2.75, 3.05) is 27.2 Å². The molecule has 0 radical (unpaired) electrons. The maximum Gasteiger partial charge on any atom is 0.281 e. The number of hydrogen-bond acceptors (Lipinski definition) is 3. The van der Waals surface area contributed by atoms with Gasteiger partial charge in [-0.1, -0.05) is 18.2 Å². The van der Waals surface area contributed by atoms with Crippen LogP contribution in [0.1, 0.15) is 55.3 Å². The van der Waals surface area contributed by atoms with Gasteiger partial charge in [0.15, 0.2) is 0 Å². The molecule has 6 nitrogen and oxygen atoms in total. The van der Waals surface area contributed by atoms with Gasteiger partial charge in [0, 0.05) is 27.2 Å². The Kier molecular flexibility index (Phi) is 6.23. The zero-order chi connectivity index (χ0) is 19.6. The number of carbonyl (C=O) groups is 1. The van der Waals surface area contributed by atoms with Crippen molar-refractivity contribution in [1.29, 1.82) is 0 Å². The molecule has 3 rings (SSSR count). The van der Waals surface area contributed by atoms with E-state index in [1.165, 1.54) is 46.7 Å². The molecule has 2 atom stereocenters. The highest BCUT2D eigenvalue weighted by Gasteiger charge is 2.33. The first-order chi connectivity index (χ1) is 12.8. The quantitative estimate of drug-likeness (QED) is 0.834. The predicted molar refractivity (Wildman–Crippen MR) is 107 cm³/mol. The fourth-order valence-corrected chi connectivity index (χ4v) is 5.22. The van der Waals surface area contributed by atoms with Crippen molar-refractivity contribution in [3.8, 4) is 0 Å². The van der Waals surface area contributed by atoms with E-state index in [-0.39, 0.29) is 24.4 Å². The Morgan fingerprint density at radius 1 is 1.19 bits per heavy atom. The zero-order valence-corrected chi connectivity index (χ0v) is 17.4. The van der Waals surface area contributed by atoms with E-state index in [4.69, 9.17) is 0 Å². The van der Waals surface area contributed by atoms with E-state index in [1.54, 1.807) is 0 Å². The lowest BCUT2D eigenvalue weighted by molar-refractivity contribution is -0.126. The molecule has 1 aromatic carbocycles. The predicted octanol–water partition coefficient (Wildman–Crippen LogP) is 2.26. The Morgan fingerprint density at radius 3 is 2.59 bits per heavy atom. The van der Waals surface area contributed by atoms with Gasteiger partial charge in [0.1, 0.15) is 0 Å². The first kappa shape index (κ1) is 20.3. The van der Waals surface area contributed by atoms with Crippen LogP contribution in [-0.4, -0.2) is 50.1 Å². The van der Waals surface area contributed by atoms with Crippen LogP contribution in [0, 0.1) is 5.92 Å². The SMILES string of the molecule is C[C@H](NC(=O)[C@H]1CCCN(S(=O)(=O)N(C)C)C1)c1ccc2c(c1)CCCC2. The van der Waals surface area contributed by atoms with Gasteiger partial charge in [-0.2, -0.15) is 17.0 Å². The number of nitrogens with one attached hydrogen (secondary N) is 1. The van der Waals surface area contributed by atoms with Crippen LogP contribution in [0.3, 0.4) is 0 Å². The average Bonchev–Trinajstić information content (AvgIpc) is 2.67. The number of carbonyl (C=O) groups excluding carboxylic acids is 1. The summed E-state index contributed by atoms with van der Waals surface area (Å²) in [7, 11) is -0.421. The molecule has 1 aliphatic carbocycles. The first-order valence-electron chi connectivity index (χ1n) is 9.88. The van der Waals surface area contributed by atoms with Gasteiger partial charge >= 0.3 is 0 Å². The molecule has 0 spiro atoms. The van der Waals surface area contributed by atoms with Gasteiger partial charge in [-0.15, -0.1) is 0 Å². The molecule has 2 aliphatic rings. The molecule has 0 aromatic heterocycles. The number of rotatable bonds is 5. The largest absolute Gasteiger partial charge is 0.349 e. The molecule has 1 N–H and O–H groups in total. The van der Waals surface area contributed by atoms with Gasteiger partial charge in [0.05, 0.1) is 12.0 Å². The minimum atomic E-state index is -3.47. The van der Waals surface area contributed by atoms with Crippen molar-refractivity contribution >= 4 is 16.1 Å². The van der Waals surface area contributed by atoms with Gasteiger partial charge in [0.2, 0.25) is 5.91 Å². The molecular formula is C20H31N3O3S. The third-order valence-electron chi connectivity index (χ3n) is 5.77. The Bertz CT molecular complexity index is 792. The average molecular weight is 394 g/mol. The minimum absolute atomic E-state index is 0.0566. The standard InChI is InChI=1S/C20H31N3O3S/c1-15(17-11-10-16-7-4-5-8-18(16)13-17)21-20(24)19-9-6-12-23(14-19)27(25,26)22(2)3/h10-11,13,15,19H,4-9,12,14H2,1-3H3,(H,21,24)/t15-,19-/m0/s1. The van der Waals surface area contributed by atoms with Crippen LogP contribution in [0.5, 0.6) is 0 Å². The molecule has 150 valence electrons. The lowest BCUT2D eigenvalue weighted by Crippen LogP contribution is -2.49. The topological polar surface area (TPSA) is 69.7 Å². The smallest absolute Gasteiger partial charge is 0.281 e. The fraction of sp³-hybridized carbons (Fsp3) is 0.650. The number of amides is 1. The Labute approximate surface area is 163 Å². The summed E-state index contributed by atoms with van der Waals surface area (Å²) in [5.74, 6) is -0.354. The second kappa shape index (κ2) is 8.29. The number of nitrogens with zero attached hydrogens (tertiary/aromatic N) is 2. The van der Waals surface area contributed by atoms with Crippen LogP contribution in [0.4, 0.5) is 0 Å². The van der Waals surface area contributed by atoms with E-state index in [2.05, 4.69) is 23.5 Å². The summed E-state index contributed by atoms with van der Waals surface area (Å²) in [5, 5.41) is 3.10. The van der Waals surface area contributed by atoms with Gasteiger partial charge in [0.25, 0.3) is 10.2 Å². The van der Waals surface area contributed by atoms with Crippen molar-refractivity contribution in [3.05, 3.63) is 34.9 Å². The minimum Gasteiger partial charge on any atom is -0.349 e. The fourth-order valence-electron chi connectivity index (χ4n) is 4.03. The Hall–Kier alpha value is -1.44. The summed E-state index contributed by atoms with van der Waals surface area (Å²) in [6.45, 7) is 2.73. The van der Waals surface area contributed by atoms with E-state index < -0.39 is 10.2 Å². The van der Waals surface area contributed by atoms with Crippen LogP contribution in [0.25, 0.3) is 0 Å². The molecule has 0 bridgehead atoms. The normalized spacial score (nSPS) is 22.3. The highest BCUT2D eigenvalue weighted by Crippen LogP contribution is 2.26. The summed E-state index contributed by atoms with van der Waals surface area (Å²) in [5.41, 5.74) is 3.96. The van der Waals surface area contributed by atoms with Crippen molar-refractivity contribution in [2.24, 2.45) is 5.92 Å². The molecule has 0 saturated carbocycles. The number of hydrogen-bond donors (Lipinski definition) is 1. The maximum absolute atomic E-state index is 12.8. The summed E-state index contributed by atoms with van der Waals surface area (Å²) >= 11 is 0. The molecule has 1 heterocycles. The highest BCUT2D eigenvalue weighted by atomic mass is 32.2. The van der Waals surface area contributed by atoms with Gasteiger partial charge in [-0.25, -0.2) is 0 Å². The maximum atomic E-state index is 12.8. The number of benzene rings is 1. The van der Waals surface area contributed by atoms with Gasteiger partial charge in [-0.3, -0.25) is 4.79 Å². The van der Waals surface area contributed by atoms with E-state index in [1.807, 2.05) is 6.92 Å². The van der Waals surface area contributed by atoms with E-state index in [0.29, 0.717) is 13.0 Å². The number of fused-ring (bicyclic) bond motifs is 1. The van der Waals surface area contributed by atoms with E-state index in [0.717, 1.165) is 24.8 Å². The molecule has 0 unspecified atom stereocenters. The lowest BCUT2D eigenvalue weighted by atomic mass is 9.89. The lowest BCUT2D eigenvalue weighted by Gasteiger charge is -2.33.